The van der Waals surface area contributed by atoms with Crippen molar-refractivity contribution in [3.63, 3.8) is 0 Å². The lowest BCUT2D eigenvalue weighted by Crippen LogP contribution is -2.63. The van der Waals surface area contributed by atoms with Crippen molar-refractivity contribution in [2.45, 2.75) is 57.8 Å². The summed E-state index contributed by atoms with van der Waals surface area (Å²) in [7, 11) is 6.64. The first-order valence-corrected chi connectivity index (χ1v) is 13.4. The minimum Gasteiger partial charge on any atom is -0.510 e. The van der Waals surface area contributed by atoms with E-state index in [9.17, 15) is 34.8 Å². The Kier molecular flexibility index (Phi) is 7.55. The number of amides is 1. The molecule has 4 rings (SSSR count). The second-order valence-corrected chi connectivity index (χ2v) is 11.8. The monoisotopic (exact) mass is 557 g/mol. The topological polar surface area (TPSA) is 174 Å². The molecule has 11 nitrogen and oxygen atoms in total. The SMILES string of the molecule is COc1c(CN(C)[C@@H](C)C(C)C)cc(O)c2c1C[C@H]1C[C@H]3[C@H](N(C)C)C(O)=C(C(N)=O)C(=O)[C@@]3(O)C(O)=C1C2=O. The number of benzene rings is 1. The third kappa shape index (κ3) is 4.18. The van der Waals surface area contributed by atoms with Gasteiger partial charge < -0.3 is 30.9 Å². The highest BCUT2D eigenvalue weighted by atomic mass is 16.5. The second-order valence-electron chi connectivity index (χ2n) is 11.8. The molecule has 0 unspecified atom stereocenters. The number of rotatable bonds is 7. The number of hydrogen-bond acceptors (Lipinski definition) is 10. The van der Waals surface area contributed by atoms with Gasteiger partial charge in [0.05, 0.1) is 18.7 Å². The summed E-state index contributed by atoms with van der Waals surface area (Å²) >= 11 is 0. The van der Waals surface area contributed by atoms with E-state index in [-0.39, 0.29) is 35.8 Å². The Morgan fingerprint density at radius 1 is 1.18 bits per heavy atom. The fraction of sp³-hybridized carbons (Fsp3) is 0.552. The van der Waals surface area contributed by atoms with Gasteiger partial charge in [-0.1, -0.05) is 13.8 Å². The highest BCUT2D eigenvalue weighted by Crippen LogP contribution is 2.53. The van der Waals surface area contributed by atoms with Gasteiger partial charge in [-0.25, -0.2) is 0 Å². The molecule has 6 N–H and O–H groups in total. The number of hydrogen-bond donors (Lipinski definition) is 5. The van der Waals surface area contributed by atoms with Gasteiger partial charge in [0.25, 0.3) is 5.91 Å². The number of aromatic hydroxyl groups is 1. The molecule has 0 radical (unpaired) electrons. The maximum absolute atomic E-state index is 13.9. The Morgan fingerprint density at radius 3 is 2.33 bits per heavy atom. The summed E-state index contributed by atoms with van der Waals surface area (Å²) in [6.07, 6.45) is 0.187. The van der Waals surface area contributed by atoms with E-state index in [1.165, 1.54) is 18.1 Å². The molecule has 5 atom stereocenters. The summed E-state index contributed by atoms with van der Waals surface area (Å²) in [5.41, 5.74) is 2.77. The number of fused-ring (bicyclic) bond motifs is 3. The largest absolute Gasteiger partial charge is 0.510 e. The number of phenols is 1. The van der Waals surface area contributed by atoms with Gasteiger partial charge in [-0.3, -0.25) is 24.2 Å². The third-order valence-electron chi connectivity index (χ3n) is 9.03. The Bertz CT molecular complexity index is 1350. The Labute approximate surface area is 233 Å². The van der Waals surface area contributed by atoms with E-state index in [1.54, 1.807) is 14.1 Å². The second kappa shape index (κ2) is 10.2. The smallest absolute Gasteiger partial charge is 0.255 e. The van der Waals surface area contributed by atoms with Crippen LogP contribution in [0.15, 0.2) is 28.7 Å². The molecule has 40 heavy (non-hydrogen) atoms. The maximum atomic E-state index is 13.9. The molecule has 0 fully saturated rings. The normalized spacial score (nSPS) is 27.2. The molecule has 11 heteroatoms. The van der Waals surface area contributed by atoms with E-state index in [4.69, 9.17) is 10.5 Å². The number of primary amides is 1. The molecule has 0 heterocycles. The zero-order chi connectivity index (χ0) is 30.0. The predicted molar refractivity (Wildman–Crippen MR) is 146 cm³/mol. The minimum absolute atomic E-state index is 0.0180. The van der Waals surface area contributed by atoms with Crippen LogP contribution in [0.5, 0.6) is 11.5 Å². The number of carbonyl (C=O) groups is 3. The van der Waals surface area contributed by atoms with Crippen LogP contribution in [0.4, 0.5) is 0 Å². The van der Waals surface area contributed by atoms with E-state index in [2.05, 4.69) is 25.7 Å². The van der Waals surface area contributed by atoms with Crippen molar-refractivity contribution in [2.75, 3.05) is 28.3 Å². The summed E-state index contributed by atoms with van der Waals surface area (Å²) in [6, 6.07) is 0.653. The first-order chi connectivity index (χ1) is 18.6. The van der Waals surface area contributed by atoms with E-state index in [0.717, 1.165) is 0 Å². The number of likely N-dealkylation sites (N-methyl/N-ethyl adjacent to an activating group) is 1. The van der Waals surface area contributed by atoms with Gasteiger partial charge in [-0.05, 0) is 58.8 Å². The molecular weight excluding hydrogens is 518 g/mol. The molecule has 1 amide bonds. The molecule has 3 aliphatic rings. The van der Waals surface area contributed by atoms with Crippen LogP contribution in [-0.2, 0) is 22.6 Å². The minimum atomic E-state index is -2.67. The number of ether oxygens (including phenoxy) is 1. The standard InChI is InChI=1S/C29H39N3O8/c1-12(2)13(3)32(6)11-15-10-18(33)20-16(25(15)40-7)8-14-9-17-22(31(4)5)24(35)21(28(30)38)27(37)29(17,39)26(36)19(14)23(20)34/h10,12-14,17,22,33,35-36,39H,8-9,11H2,1-7H3,(H2,30,38)/t13-,14-,17-,22-,29-/m0/s1. The number of methoxy groups -OCH3 is 1. The van der Waals surface area contributed by atoms with Gasteiger partial charge in [0.15, 0.2) is 11.4 Å². The highest BCUT2D eigenvalue weighted by Gasteiger charge is 2.63. The number of phenolic OH excluding ortho intramolecular Hbond substituents is 1. The van der Waals surface area contributed by atoms with Crippen molar-refractivity contribution in [1.29, 1.82) is 0 Å². The van der Waals surface area contributed by atoms with Crippen LogP contribution in [0.2, 0.25) is 0 Å². The fourth-order valence-electron chi connectivity index (χ4n) is 6.66. The molecule has 0 saturated carbocycles. The van der Waals surface area contributed by atoms with Gasteiger partial charge in [-0.15, -0.1) is 0 Å². The first-order valence-electron chi connectivity index (χ1n) is 13.4. The van der Waals surface area contributed by atoms with Crippen LogP contribution in [-0.4, -0.2) is 93.6 Å². The van der Waals surface area contributed by atoms with E-state index in [1.807, 2.05) is 7.05 Å². The lowest BCUT2D eigenvalue weighted by Gasteiger charge is -2.50. The lowest BCUT2D eigenvalue weighted by molar-refractivity contribution is -0.148. The molecular formula is C29H39N3O8. The zero-order valence-corrected chi connectivity index (χ0v) is 24.0. The van der Waals surface area contributed by atoms with Crippen LogP contribution in [0.25, 0.3) is 0 Å². The first kappa shape index (κ1) is 29.6. The summed E-state index contributed by atoms with van der Waals surface area (Å²) in [5.74, 6) is -5.97. The van der Waals surface area contributed by atoms with Gasteiger partial charge in [-0.2, -0.15) is 0 Å². The Balaban J connectivity index is 1.88. The average Bonchev–Trinajstić information content (AvgIpc) is 2.85. The van der Waals surface area contributed by atoms with Crippen molar-refractivity contribution >= 4 is 17.5 Å². The number of carbonyl (C=O) groups excluding carboxylic acids is 3. The van der Waals surface area contributed by atoms with Crippen LogP contribution in [0.1, 0.15) is 48.7 Å². The third-order valence-corrected chi connectivity index (χ3v) is 9.03. The summed E-state index contributed by atoms with van der Waals surface area (Å²) in [5, 5.41) is 45.1. The lowest BCUT2D eigenvalue weighted by atomic mass is 9.58. The molecule has 0 saturated heterocycles. The van der Waals surface area contributed by atoms with E-state index < -0.39 is 58.0 Å². The molecule has 218 valence electrons. The highest BCUT2D eigenvalue weighted by molar-refractivity contribution is 6.24. The van der Waals surface area contributed by atoms with Crippen LogP contribution < -0.4 is 10.5 Å². The molecule has 3 aliphatic carbocycles. The predicted octanol–water partition coefficient (Wildman–Crippen LogP) is 1.61. The summed E-state index contributed by atoms with van der Waals surface area (Å²) in [4.78, 5) is 43.0. The van der Waals surface area contributed by atoms with Crippen molar-refractivity contribution in [2.24, 2.45) is 23.5 Å². The van der Waals surface area contributed by atoms with Gasteiger partial charge in [0.2, 0.25) is 5.78 Å². The molecule has 0 aliphatic heterocycles. The van der Waals surface area contributed by atoms with Crippen LogP contribution in [0, 0.1) is 17.8 Å². The number of allylic oxidation sites excluding steroid dienone is 1. The van der Waals surface area contributed by atoms with Gasteiger partial charge in [0, 0.05) is 35.2 Å². The molecule has 1 aromatic carbocycles. The maximum Gasteiger partial charge on any atom is 0.255 e. The van der Waals surface area contributed by atoms with Crippen molar-refractivity contribution in [3.05, 3.63) is 45.4 Å². The zero-order valence-electron chi connectivity index (χ0n) is 24.0. The van der Waals surface area contributed by atoms with Crippen LogP contribution in [0.3, 0.4) is 0 Å². The number of aliphatic hydroxyl groups excluding tert-OH is 2. The molecule has 0 spiro atoms. The molecule has 1 aromatic rings. The van der Waals surface area contributed by atoms with E-state index >= 15 is 0 Å². The molecule has 0 bridgehead atoms. The summed E-state index contributed by atoms with van der Waals surface area (Å²) in [6.45, 7) is 6.77. The number of Topliss-reactive ketones (excluding diaryl/α,β-unsaturated/α-hetero) is 2. The Morgan fingerprint density at radius 2 is 1.80 bits per heavy atom. The number of nitrogens with two attached hydrogens (primary N) is 1. The average molecular weight is 558 g/mol. The van der Waals surface area contributed by atoms with Crippen molar-refractivity contribution in [3.8, 4) is 11.5 Å². The van der Waals surface area contributed by atoms with Crippen molar-refractivity contribution in [1.82, 2.24) is 9.80 Å². The van der Waals surface area contributed by atoms with Crippen LogP contribution >= 0.6 is 0 Å². The Hall–Kier alpha value is -3.41. The number of ketones is 2. The van der Waals surface area contributed by atoms with E-state index in [0.29, 0.717) is 29.3 Å². The summed E-state index contributed by atoms with van der Waals surface area (Å²) < 4.78 is 5.78. The molecule has 0 aromatic heterocycles. The number of aliphatic hydroxyl groups is 3. The quantitative estimate of drug-likeness (QED) is 0.310. The number of nitrogens with zero attached hydrogens (tertiary/aromatic N) is 2. The van der Waals surface area contributed by atoms with Gasteiger partial charge >= 0.3 is 0 Å². The van der Waals surface area contributed by atoms with Crippen molar-refractivity contribution < 1.29 is 39.5 Å². The fourth-order valence-corrected chi connectivity index (χ4v) is 6.66. The van der Waals surface area contributed by atoms with Gasteiger partial charge in [0.1, 0.15) is 28.6 Å².